The molecule has 3 rings (SSSR count). The number of nitrogens with one attached hydrogen (secondary N) is 1. The van der Waals surface area contributed by atoms with Gasteiger partial charge < -0.3 is 19.9 Å². The maximum Gasteiger partial charge on any atom is 0.257 e. The molecule has 1 aliphatic heterocycles. The zero-order valence-electron chi connectivity index (χ0n) is 13.9. The van der Waals surface area contributed by atoms with Crippen molar-refractivity contribution in [3.05, 3.63) is 52.5 Å². The Bertz CT molecular complexity index is 778. The quantitative estimate of drug-likeness (QED) is 0.837. The summed E-state index contributed by atoms with van der Waals surface area (Å²) in [5.41, 5.74) is 1.47. The zero-order valence-corrected chi connectivity index (χ0v) is 14.7. The maximum atomic E-state index is 12.6. The molecule has 132 valence electrons. The van der Waals surface area contributed by atoms with E-state index in [9.17, 15) is 9.90 Å². The van der Waals surface area contributed by atoms with E-state index in [1.807, 2.05) is 6.92 Å². The Hall–Kier alpha value is -2.24. The molecule has 0 spiro atoms. The summed E-state index contributed by atoms with van der Waals surface area (Å²) < 4.78 is 11.2. The molecule has 0 saturated heterocycles. The molecule has 0 aliphatic carbocycles. The highest BCUT2D eigenvalue weighted by atomic mass is 35.5. The Kier molecular flexibility index (Phi) is 5.46. The van der Waals surface area contributed by atoms with Crippen LogP contribution in [0.25, 0.3) is 0 Å². The second-order valence-corrected chi connectivity index (χ2v) is 6.23. The summed E-state index contributed by atoms with van der Waals surface area (Å²) in [6.45, 7) is 2.90. The number of aliphatic hydroxyl groups is 1. The standard InChI is InChI=1S/C19H20ClNO4/c1-2-5-16(22)13-10-17-18(25-9-8-24-17)11-15(13)21-19(23)12-6-3-4-7-14(12)20/h3-4,6-7,10-11,16,22H,2,5,8-9H2,1H3,(H,21,23). The molecular weight excluding hydrogens is 342 g/mol. The highest BCUT2D eigenvalue weighted by Crippen LogP contribution is 2.39. The molecule has 1 unspecified atom stereocenters. The van der Waals surface area contributed by atoms with Crippen molar-refractivity contribution in [1.29, 1.82) is 0 Å². The van der Waals surface area contributed by atoms with E-state index in [4.69, 9.17) is 21.1 Å². The summed E-state index contributed by atoms with van der Waals surface area (Å²) >= 11 is 6.10. The molecule has 0 aromatic heterocycles. The van der Waals surface area contributed by atoms with Gasteiger partial charge in [0.1, 0.15) is 13.2 Å². The number of carbonyl (C=O) groups excluding carboxylic acids is 1. The van der Waals surface area contributed by atoms with Crippen LogP contribution in [0.5, 0.6) is 11.5 Å². The molecule has 1 aliphatic rings. The SMILES string of the molecule is CCCC(O)c1cc2c(cc1NC(=O)c1ccccc1Cl)OCCO2. The van der Waals surface area contributed by atoms with Crippen molar-refractivity contribution in [2.24, 2.45) is 0 Å². The fourth-order valence-corrected chi connectivity index (χ4v) is 2.97. The summed E-state index contributed by atoms with van der Waals surface area (Å²) in [6, 6.07) is 10.2. The van der Waals surface area contributed by atoms with E-state index in [1.165, 1.54) is 0 Å². The first-order chi connectivity index (χ1) is 12.1. The largest absolute Gasteiger partial charge is 0.486 e. The number of aliphatic hydroxyl groups excluding tert-OH is 1. The Morgan fingerprint density at radius 2 is 1.92 bits per heavy atom. The lowest BCUT2D eigenvalue weighted by Gasteiger charge is -2.23. The van der Waals surface area contributed by atoms with Gasteiger partial charge in [0.2, 0.25) is 0 Å². The summed E-state index contributed by atoms with van der Waals surface area (Å²) in [5.74, 6) is 0.785. The monoisotopic (exact) mass is 361 g/mol. The Morgan fingerprint density at radius 3 is 2.60 bits per heavy atom. The second-order valence-electron chi connectivity index (χ2n) is 5.82. The lowest BCUT2D eigenvalue weighted by atomic mass is 10.0. The number of ether oxygens (including phenoxy) is 2. The number of anilines is 1. The van der Waals surface area contributed by atoms with Gasteiger partial charge in [-0.05, 0) is 24.6 Å². The van der Waals surface area contributed by atoms with Crippen molar-refractivity contribution >= 4 is 23.2 Å². The van der Waals surface area contributed by atoms with Crippen LogP contribution < -0.4 is 14.8 Å². The molecule has 6 heteroatoms. The van der Waals surface area contributed by atoms with E-state index in [0.717, 1.165) is 6.42 Å². The van der Waals surface area contributed by atoms with Crippen LogP contribution in [0.1, 0.15) is 41.8 Å². The number of amides is 1. The van der Waals surface area contributed by atoms with E-state index in [-0.39, 0.29) is 5.91 Å². The Labute approximate surface area is 151 Å². The van der Waals surface area contributed by atoms with E-state index < -0.39 is 6.10 Å². The average molecular weight is 362 g/mol. The van der Waals surface area contributed by atoms with Gasteiger partial charge >= 0.3 is 0 Å². The molecule has 5 nitrogen and oxygen atoms in total. The predicted octanol–water partition coefficient (Wildman–Crippen LogP) is 4.20. The van der Waals surface area contributed by atoms with Crippen molar-refractivity contribution in [1.82, 2.24) is 0 Å². The molecule has 2 aromatic carbocycles. The molecule has 0 fully saturated rings. The van der Waals surface area contributed by atoms with Gasteiger partial charge in [-0.3, -0.25) is 4.79 Å². The Morgan fingerprint density at radius 1 is 1.24 bits per heavy atom. The van der Waals surface area contributed by atoms with E-state index in [1.54, 1.807) is 36.4 Å². The average Bonchev–Trinajstić information content (AvgIpc) is 2.61. The maximum absolute atomic E-state index is 12.6. The van der Waals surface area contributed by atoms with Gasteiger partial charge in [-0.25, -0.2) is 0 Å². The van der Waals surface area contributed by atoms with Gasteiger partial charge in [0.25, 0.3) is 5.91 Å². The van der Waals surface area contributed by atoms with Crippen LogP contribution in [0.4, 0.5) is 5.69 Å². The fraction of sp³-hybridized carbons (Fsp3) is 0.316. The molecule has 1 amide bonds. The van der Waals surface area contributed by atoms with Crippen molar-refractivity contribution in [2.45, 2.75) is 25.9 Å². The van der Waals surface area contributed by atoms with Crippen LogP contribution in [-0.2, 0) is 0 Å². The summed E-state index contributed by atoms with van der Waals surface area (Å²) in [4.78, 5) is 12.6. The van der Waals surface area contributed by atoms with E-state index in [0.29, 0.717) is 53.0 Å². The number of benzene rings is 2. The predicted molar refractivity (Wildman–Crippen MR) is 96.7 cm³/mol. The molecular formula is C19H20ClNO4. The number of fused-ring (bicyclic) bond motifs is 1. The van der Waals surface area contributed by atoms with E-state index in [2.05, 4.69) is 5.32 Å². The first-order valence-corrected chi connectivity index (χ1v) is 8.65. The fourth-order valence-electron chi connectivity index (χ4n) is 2.75. The highest BCUT2D eigenvalue weighted by Gasteiger charge is 2.21. The third kappa shape index (κ3) is 3.89. The van der Waals surface area contributed by atoms with Gasteiger partial charge in [0.15, 0.2) is 11.5 Å². The normalized spacial score (nSPS) is 14.0. The number of carbonyl (C=O) groups is 1. The van der Waals surface area contributed by atoms with Crippen molar-refractivity contribution in [3.63, 3.8) is 0 Å². The molecule has 1 atom stereocenters. The molecule has 0 bridgehead atoms. The minimum absolute atomic E-state index is 0.341. The minimum Gasteiger partial charge on any atom is -0.486 e. The van der Waals surface area contributed by atoms with Gasteiger partial charge in [0.05, 0.1) is 22.4 Å². The van der Waals surface area contributed by atoms with Crippen LogP contribution >= 0.6 is 11.6 Å². The van der Waals surface area contributed by atoms with Crippen molar-refractivity contribution in [3.8, 4) is 11.5 Å². The molecule has 2 aromatic rings. The lowest BCUT2D eigenvalue weighted by molar-refractivity contribution is 0.102. The molecule has 0 saturated carbocycles. The second kappa shape index (κ2) is 7.76. The Balaban J connectivity index is 1.95. The van der Waals surface area contributed by atoms with Crippen molar-refractivity contribution in [2.75, 3.05) is 18.5 Å². The third-order valence-electron chi connectivity index (χ3n) is 4.00. The zero-order chi connectivity index (χ0) is 17.8. The molecule has 0 radical (unpaired) electrons. The molecule has 1 heterocycles. The number of rotatable bonds is 5. The summed E-state index contributed by atoms with van der Waals surface area (Å²) in [5, 5.41) is 13.7. The van der Waals surface area contributed by atoms with Crippen LogP contribution in [-0.4, -0.2) is 24.2 Å². The number of halogens is 1. The van der Waals surface area contributed by atoms with Crippen molar-refractivity contribution < 1.29 is 19.4 Å². The van der Waals surface area contributed by atoms with Gasteiger partial charge in [0, 0.05) is 11.6 Å². The van der Waals surface area contributed by atoms with Crippen LogP contribution in [0, 0.1) is 0 Å². The number of hydrogen-bond acceptors (Lipinski definition) is 4. The molecule has 2 N–H and O–H groups in total. The van der Waals surface area contributed by atoms with Gasteiger partial charge in [-0.2, -0.15) is 0 Å². The van der Waals surface area contributed by atoms with Gasteiger partial charge in [-0.15, -0.1) is 0 Å². The number of hydrogen-bond donors (Lipinski definition) is 2. The van der Waals surface area contributed by atoms with Crippen LogP contribution in [0.3, 0.4) is 0 Å². The van der Waals surface area contributed by atoms with Crippen LogP contribution in [0.2, 0.25) is 5.02 Å². The summed E-state index contributed by atoms with van der Waals surface area (Å²) in [6.07, 6.45) is 0.685. The van der Waals surface area contributed by atoms with E-state index >= 15 is 0 Å². The first kappa shape index (κ1) is 17.6. The smallest absolute Gasteiger partial charge is 0.257 e. The van der Waals surface area contributed by atoms with Gasteiger partial charge in [-0.1, -0.05) is 37.1 Å². The molecule has 25 heavy (non-hydrogen) atoms. The van der Waals surface area contributed by atoms with Crippen LogP contribution in [0.15, 0.2) is 36.4 Å². The topological polar surface area (TPSA) is 67.8 Å². The highest BCUT2D eigenvalue weighted by molar-refractivity contribution is 6.34. The lowest BCUT2D eigenvalue weighted by Crippen LogP contribution is -2.18. The summed E-state index contributed by atoms with van der Waals surface area (Å²) in [7, 11) is 0. The third-order valence-corrected chi connectivity index (χ3v) is 4.33. The first-order valence-electron chi connectivity index (χ1n) is 8.27. The minimum atomic E-state index is -0.706.